The summed E-state index contributed by atoms with van der Waals surface area (Å²) >= 11 is 5.56. The Labute approximate surface area is 54.9 Å². The first-order valence-corrected chi connectivity index (χ1v) is 3.24. The maximum atomic E-state index is 5.56. The number of hydrogen-bond donors (Lipinski definition) is 0. The Hall–Kier alpha value is -0.170. The van der Waals surface area contributed by atoms with Crippen LogP contribution in [0, 0.1) is 5.92 Å². The van der Waals surface area contributed by atoms with Crippen molar-refractivity contribution in [3.8, 4) is 0 Å². The summed E-state index contributed by atoms with van der Waals surface area (Å²) in [6.07, 6.45) is 2.17. The molecule has 1 rings (SSSR count). The van der Waals surface area contributed by atoms with Crippen LogP contribution in [0.4, 0.5) is 0 Å². The van der Waals surface area contributed by atoms with E-state index in [1.54, 1.807) is 0 Å². The fourth-order valence-electron chi connectivity index (χ4n) is 0.762. The average molecular weight is 132 g/mol. The summed E-state index contributed by atoms with van der Waals surface area (Å²) in [5, 5.41) is 0. The van der Waals surface area contributed by atoms with Gasteiger partial charge in [-0.15, -0.1) is 11.6 Å². The fraction of sp³-hybridized carbons (Fsp3) is 0.667. The second-order valence-electron chi connectivity index (χ2n) is 2.25. The van der Waals surface area contributed by atoms with Gasteiger partial charge in [0.05, 0.1) is 0 Å². The van der Waals surface area contributed by atoms with Gasteiger partial charge in [-0.25, -0.2) is 0 Å². The van der Waals surface area contributed by atoms with Gasteiger partial charge in [-0.05, 0) is 0 Å². The Morgan fingerprint density at radius 3 is 2.50 bits per heavy atom. The summed E-state index contributed by atoms with van der Waals surface area (Å²) in [4.78, 5) is 2.10. The summed E-state index contributed by atoms with van der Waals surface area (Å²) in [6.45, 7) is 0. The minimum absolute atomic E-state index is 0.576. The zero-order valence-electron chi connectivity index (χ0n) is 5.19. The Bertz CT molecular complexity index is 118. The second kappa shape index (κ2) is 1.98. The molecule has 1 atom stereocenters. The van der Waals surface area contributed by atoms with Crippen LogP contribution in [0.5, 0.6) is 0 Å². The zero-order chi connectivity index (χ0) is 6.15. The molecule has 0 amide bonds. The van der Waals surface area contributed by atoms with Gasteiger partial charge in [-0.3, -0.25) is 0 Å². The van der Waals surface area contributed by atoms with Gasteiger partial charge in [0.15, 0.2) is 0 Å². The SMILES string of the molecule is CN(C)C1=CC1CCl. The first kappa shape index (κ1) is 5.96. The molecule has 0 spiro atoms. The van der Waals surface area contributed by atoms with Crippen molar-refractivity contribution < 1.29 is 0 Å². The third kappa shape index (κ3) is 0.972. The number of hydrogen-bond acceptors (Lipinski definition) is 1. The van der Waals surface area contributed by atoms with Gasteiger partial charge in [-0.1, -0.05) is 6.08 Å². The number of allylic oxidation sites excluding steroid dienone is 2. The molecule has 0 radical (unpaired) electrons. The van der Waals surface area contributed by atoms with Gasteiger partial charge >= 0.3 is 0 Å². The Morgan fingerprint density at radius 1 is 1.75 bits per heavy atom. The van der Waals surface area contributed by atoms with Crippen molar-refractivity contribution in [2.75, 3.05) is 20.0 Å². The largest absolute Gasteiger partial charge is 0.381 e. The van der Waals surface area contributed by atoms with E-state index in [1.807, 2.05) is 14.1 Å². The fourth-order valence-corrected chi connectivity index (χ4v) is 1.01. The molecule has 0 heterocycles. The summed E-state index contributed by atoms with van der Waals surface area (Å²) in [6, 6.07) is 0. The molecule has 1 aliphatic carbocycles. The predicted molar refractivity (Wildman–Crippen MR) is 36.0 cm³/mol. The number of nitrogens with zero attached hydrogens (tertiary/aromatic N) is 1. The van der Waals surface area contributed by atoms with Gasteiger partial charge in [0.1, 0.15) is 0 Å². The van der Waals surface area contributed by atoms with Gasteiger partial charge in [0.25, 0.3) is 0 Å². The molecule has 0 fully saturated rings. The van der Waals surface area contributed by atoms with Gasteiger partial charge in [0, 0.05) is 31.6 Å². The normalized spacial score (nSPS) is 24.9. The average Bonchev–Trinajstić information content (AvgIpc) is 2.42. The monoisotopic (exact) mass is 131 g/mol. The van der Waals surface area contributed by atoms with Crippen LogP contribution < -0.4 is 0 Å². The van der Waals surface area contributed by atoms with Crippen LogP contribution in [-0.2, 0) is 0 Å². The Balaban J connectivity index is 2.25. The molecule has 2 heteroatoms. The summed E-state index contributed by atoms with van der Waals surface area (Å²) in [5.74, 6) is 1.32. The first-order chi connectivity index (χ1) is 3.75. The summed E-state index contributed by atoms with van der Waals surface area (Å²) in [7, 11) is 4.08. The number of halogens is 1. The maximum Gasteiger partial charge on any atom is 0.0342 e. The maximum absolute atomic E-state index is 5.56. The van der Waals surface area contributed by atoms with Crippen molar-refractivity contribution >= 4 is 11.6 Å². The van der Waals surface area contributed by atoms with Crippen LogP contribution >= 0.6 is 11.6 Å². The highest BCUT2D eigenvalue weighted by atomic mass is 35.5. The van der Waals surface area contributed by atoms with E-state index in [9.17, 15) is 0 Å². The smallest absolute Gasteiger partial charge is 0.0342 e. The standard InChI is InChI=1S/C6H10ClN/c1-8(2)6-3-5(6)4-7/h3,5H,4H2,1-2H3. The van der Waals surface area contributed by atoms with Crippen molar-refractivity contribution in [3.05, 3.63) is 11.8 Å². The second-order valence-corrected chi connectivity index (χ2v) is 2.56. The number of rotatable bonds is 2. The van der Waals surface area contributed by atoms with E-state index in [0.29, 0.717) is 5.92 Å². The highest BCUT2D eigenvalue weighted by molar-refractivity contribution is 6.18. The molecule has 0 saturated heterocycles. The lowest BCUT2D eigenvalue weighted by Crippen LogP contribution is -2.06. The lowest BCUT2D eigenvalue weighted by molar-refractivity contribution is 0.513. The van der Waals surface area contributed by atoms with Crippen molar-refractivity contribution in [2.45, 2.75) is 0 Å². The van der Waals surface area contributed by atoms with E-state index < -0.39 is 0 Å². The molecule has 0 aromatic carbocycles. The first-order valence-electron chi connectivity index (χ1n) is 2.70. The Morgan fingerprint density at radius 2 is 2.38 bits per heavy atom. The van der Waals surface area contributed by atoms with Crippen molar-refractivity contribution in [1.82, 2.24) is 4.90 Å². The molecular weight excluding hydrogens is 122 g/mol. The van der Waals surface area contributed by atoms with Crippen molar-refractivity contribution in [2.24, 2.45) is 5.92 Å². The highest BCUT2D eigenvalue weighted by Crippen LogP contribution is 2.30. The van der Waals surface area contributed by atoms with E-state index in [2.05, 4.69) is 11.0 Å². The van der Waals surface area contributed by atoms with Crippen LogP contribution in [0.15, 0.2) is 11.8 Å². The summed E-state index contributed by atoms with van der Waals surface area (Å²) < 4.78 is 0. The van der Waals surface area contributed by atoms with Gasteiger partial charge in [0.2, 0.25) is 0 Å². The van der Waals surface area contributed by atoms with E-state index in [4.69, 9.17) is 11.6 Å². The van der Waals surface area contributed by atoms with Crippen molar-refractivity contribution in [1.29, 1.82) is 0 Å². The van der Waals surface area contributed by atoms with E-state index >= 15 is 0 Å². The molecule has 8 heavy (non-hydrogen) atoms. The minimum atomic E-state index is 0.576. The molecule has 0 aromatic heterocycles. The van der Waals surface area contributed by atoms with Crippen LogP contribution in [0.2, 0.25) is 0 Å². The van der Waals surface area contributed by atoms with E-state index in [-0.39, 0.29) is 0 Å². The van der Waals surface area contributed by atoms with Crippen LogP contribution in [-0.4, -0.2) is 24.9 Å². The molecule has 46 valence electrons. The van der Waals surface area contributed by atoms with Crippen molar-refractivity contribution in [3.63, 3.8) is 0 Å². The molecule has 0 bridgehead atoms. The topological polar surface area (TPSA) is 3.24 Å². The van der Waals surface area contributed by atoms with E-state index in [0.717, 1.165) is 5.88 Å². The molecule has 0 N–H and O–H groups in total. The molecule has 1 aliphatic rings. The molecule has 0 aliphatic heterocycles. The lowest BCUT2D eigenvalue weighted by Gasteiger charge is -2.06. The zero-order valence-corrected chi connectivity index (χ0v) is 5.94. The highest BCUT2D eigenvalue weighted by Gasteiger charge is 2.24. The van der Waals surface area contributed by atoms with Crippen LogP contribution in [0.3, 0.4) is 0 Å². The van der Waals surface area contributed by atoms with Gasteiger partial charge < -0.3 is 4.90 Å². The molecule has 0 aromatic rings. The van der Waals surface area contributed by atoms with E-state index in [1.165, 1.54) is 5.70 Å². The molecular formula is C6H10ClN. The minimum Gasteiger partial charge on any atom is -0.381 e. The quantitative estimate of drug-likeness (QED) is 0.511. The third-order valence-electron chi connectivity index (χ3n) is 1.33. The molecule has 1 nitrogen and oxygen atoms in total. The van der Waals surface area contributed by atoms with Crippen LogP contribution in [0.1, 0.15) is 0 Å². The predicted octanol–water partition coefficient (Wildman–Crippen LogP) is 1.30. The number of alkyl halides is 1. The van der Waals surface area contributed by atoms with Gasteiger partial charge in [-0.2, -0.15) is 0 Å². The summed E-state index contributed by atoms with van der Waals surface area (Å²) in [5.41, 5.74) is 1.38. The lowest BCUT2D eigenvalue weighted by atomic mass is 10.4. The molecule has 1 unspecified atom stereocenters. The third-order valence-corrected chi connectivity index (χ3v) is 1.66. The van der Waals surface area contributed by atoms with Crippen LogP contribution in [0.25, 0.3) is 0 Å². The Kier molecular flexibility index (Phi) is 1.47. The molecule has 0 saturated carbocycles.